The number of ether oxygens (including phenoxy) is 2. The molecule has 0 spiro atoms. The van der Waals surface area contributed by atoms with Gasteiger partial charge in [-0.25, -0.2) is 0 Å². The Morgan fingerprint density at radius 2 is 1.47 bits per heavy atom. The van der Waals surface area contributed by atoms with Crippen LogP contribution < -0.4 is 10.6 Å². The van der Waals surface area contributed by atoms with Crippen molar-refractivity contribution in [3.63, 3.8) is 0 Å². The molecule has 1 heterocycles. The maximum atomic E-state index is 12.0. The molecule has 2 N–H and O–H groups in total. The topological polar surface area (TPSA) is 114 Å². The first-order chi connectivity index (χ1) is 14.8. The Morgan fingerprint density at radius 3 is 2.06 bits per heavy atom. The Labute approximate surface area is 191 Å². The van der Waals surface area contributed by atoms with Crippen LogP contribution in [0.5, 0.6) is 0 Å². The number of carbonyl (C=O) groups excluding carboxylic acids is 4. The number of hydrogen-bond donors (Lipinski definition) is 2. The molecule has 9 nitrogen and oxygen atoms in total. The SMILES string of the molecule is CC(C)NC(=O)CCOC(C)(C)CCOC(C)(C)CCNC(=O)CCN1C(=O)C=CC1=O. The quantitative estimate of drug-likeness (QED) is 0.365. The molecule has 32 heavy (non-hydrogen) atoms. The Kier molecular flexibility index (Phi) is 11.0. The summed E-state index contributed by atoms with van der Waals surface area (Å²) in [5.74, 6) is -1.01. The number of carbonyl (C=O) groups is 4. The minimum absolute atomic E-state index is 0.0227. The van der Waals surface area contributed by atoms with E-state index < -0.39 is 11.2 Å². The zero-order valence-corrected chi connectivity index (χ0v) is 20.3. The summed E-state index contributed by atoms with van der Waals surface area (Å²) >= 11 is 0. The van der Waals surface area contributed by atoms with E-state index in [1.807, 2.05) is 41.5 Å². The molecule has 0 aromatic heterocycles. The predicted molar refractivity (Wildman–Crippen MR) is 121 cm³/mol. The number of rotatable bonds is 15. The van der Waals surface area contributed by atoms with Crippen molar-refractivity contribution >= 4 is 23.6 Å². The molecule has 1 rings (SSSR count). The van der Waals surface area contributed by atoms with Gasteiger partial charge in [0.15, 0.2) is 0 Å². The highest BCUT2D eigenvalue weighted by Gasteiger charge is 2.25. The lowest BCUT2D eigenvalue weighted by atomic mass is 10.0. The molecule has 9 heteroatoms. The predicted octanol–water partition coefficient (Wildman–Crippen LogP) is 1.70. The van der Waals surface area contributed by atoms with Crippen molar-refractivity contribution in [2.75, 3.05) is 26.3 Å². The van der Waals surface area contributed by atoms with Crippen LogP contribution in [0.4, 0.5) is 0 Å². The van der Waals surface area contributed by atoms with Gasteiger partial charge in [-0.05, 0) is 54.4 Å². The maximum Gasteiger partial charge on any atom is 0.253 e. The number of nitrogens with zero attached hydrogens (tertiary/aromatic N) is 1. The third-order valence-corrected chi connectivity index (χ3v) is 4.98. The zero-order chi connectivity index (χ0) is 24.4. The van der Waals surface area contributed by atoms with Crippen molar-refractivity contribution in [2.45, 2.75) is 84.5 Å². The molecular weight excluding hydrogens is 414 g/mol. The van der Waals surface area contributed by atoms with Crippen LogP contribution in [-0.2, 0) is 28.7 Å². The van der Waals surface area contributed by atoms with Gasteiger partial charge in [-0.15, -0.1) is 0 Å². The monoisotopic (exact) mass is 453 g/mol. The lowest BCUT2D eigenvalue weighted by molar-refractivity contribution is -0.137. The van der Waals surface area contributed by atoms with Crippen molar-refractivity contribution in [2.24, 2.45) is 0 Å². The van der Waals surface area contributed by atoms with E-state index in [9.17, 15) is 19.2 Å². The van der Waals surface area contributed by atoms with Crippen molar-refractivity contribution < 1.29 is 28.7 Å². The van der Waals surface area contributed by atoms with E-state index in [0.717, 1.165) is 4.90 Å². The van der Waals surface area contributed by atoms with Crippen molar-refractivity contribution in [3.05, 3.63) is 12.2 Å². The lowest BCUT2D eigenvalue weighted by Crippen LogP contribution is -2.37. The van der Waals surface area contributed by atoms with Crippen molar-refractivity contribution in [1.82, 2.24) is 15.5 Å². The van der Waals surface area contributed by atoms with Gasteiger partial charge in [0.2, 0.25) is 11.8 Å². The van der Waals surface area contributed by atoms with Gasteiger partial charge < -0.3 is 20.1 Å². The van der Waals surface area contributed by atoms with Gasteiger partial charge in [-0.1, -0.05) is 0 Å². The third kappa shape index (κ3) is 11.4. The average Bonchev–Trinajstić information content (AvgIpc) is 2.96. The molecule has 0 unspecified atom stereocenters. The van der Waals surface area contributed by atoms with Gasteiger partial charge in [-0.2, -0.15) is 0 Å². The molecular formula is C23H39N3O6. The number of amides is 4. The van der Waals surface area contributed by atoms with E-state index >= 15 is 0 Å². The summed E-state index contributed by atoms with van der Waals surface area (Å²) in [4.78, 5) is 47.7. The number of nitrogens with one attached hydrogen (secondary N) is 2. The Hall–Kier alpha value is -2.26. The normalized spacial score (nSPS) is 14.4. The first-order valence-electron chi connectivity index (χ1n) is 11.2. The molecule has 0 aliphatic carbocycles. The lowest BCUT2D eigenvalue weighted by Gasteiger charge is -2.30. The van der Waals surface area contributed by atoms with Gasteiger partial charge >= 0.3 is 0 Å². The molecule has 0 saturated heterocycles. The zero-order valence-electron chi connectivity index (χ0n) is 20.3. The highest BCUT2D eigenvalue weighted by molar-refractivity contribution is 6.13. The van der Waals surface area contributed by atoms with Crippen LogP contribution in [0.15, 0.2) is 12.2 Å². The number of imide groups is 1. The molecule has 182 valence electrons. The molecule has 0 aromatic carbocycles. The van der Waals surface area contributed by atoms with Crippen LogP contribution in [0.2, 0.25) is 0 Å². The van der Waals surface area contributed by atoms with Gasteiger partial charge in [-0.3, -0.25) is 24.1 Å². The van der Waals surface area contributed by atoms with Crippen molar-refractivity contribution in [3.8, 4) is 0 Å². The second-order valence-corrected chi connectivity index (χ2v) is 9.45. The third-order valence-electron chi connectivity index (χ3n) is 4.98. The van der Waals surface area contributed by atoms with Gasteiger partial charge in [0.1, 0.15) is 0 Å². The molecule has 1 aliphatic heterocycles. The van der Waals surface area contributed by atoms with Crippen LogP contribution in [0.3, 0.4) is 0 Å². The minimum atomic E-state index is -0.439. The molecule has 0 saturated carbocycles. The van der Waals surface area contributed by atoms with E-state index in [4.69, 9.17) is 9.47 Å². The fourth-order valence-electron chi connectivity index (χ4n) is 2.99. The maximum absolute atomic E-state index is 12.0. The van der Waals surface area contributed by atoms with E-state index in [1.54, 1.807) is 0 Å². The molecule has 0 aromatic rings. The Morgan fingerprint density at radius 1 is 0.906 bits per heavy atom. The van der Waals surface area contributed by atoms with E-state index in [2.05, 4.69) is 10.6 Å². The molecule has 0 atom stereocenters. The molecule has 0 bridgehead atoms. The highest BCUT2D eigenvalue weighted by atomic mass is 16.5. The Bertz CT molecular complexity index is 682. The second-order valence-electron chi connectivity index (χ2n) is 9.45. The van der Waals surface area contributed by atoms with E-state index in [1.165, 1.54) is 12.2 Å². The molecule has 0 radical (unpaired) electrons. The summed E-state index contributed by atoms with van der Waals surface area (Å²) in [5, 5.41) is 5.64. The number of hydrogen-bond acceptors (Lipinski definition) is 6. The van der Waals surface area contributed by atoms with Crippen LogP contribution in [0.1, 0.15) is 67.2 Å². The smallest absolute Gasteiger partial charge is 0.253 e. The summed E-state index contributed by atoms with van der Waals surface area (Å²) in [6.45, 7) is 13.0. The van der Waals surface area contributed by atoms with E-state index in [-0.39, 0.29) is 42.6 Å². The van der Waals surface area contributed by atoms with Crippen LogP contribution in [0.25, 0.3) is 0 Å². The summed E-state index contributed by atoms with van der Waals surface area (Å²) in [5.41, 5.74) is -0.854. The van der Waals surface area contributed by atoms with Crippen LogP contribution >= 0.6 is 0 Å². The minimum Gasteiger partial charge on any atom is -0.375 e. The average molecular weight is 454 g/mol. The van der Waals surface area contributed by atoms with Crippen molar-refractivity contribution in [1.29, 1.82) is 0 Å². The first-order valence-corrected chi connectivity index (χ1v) is 11.2. The van der Waals surface area contributed by atoms with Gasteiger partial charge in [0.05, 0.1) is 24.4 Å². The van der Waals surface area contributed by atoms with E-state index in [0.29, 0.717) is 39.0 Å². The second kappa shape index (κ2) is 12.7. The largest absolute Gasteiger partial charge is 0.375 e. The van der Waals surface area contributed by atoms with Crippen LogP contribution in [-0.4, -0.2) is 72.1 Å². The van der Waals surface area contributed by atoms with Gasteiger partial charge in [0, 0.05) is 44.1 Å². The first kappa shape index (κ1) is 27.8. The standard InChI is InChI=1S/C23H39N3O6/c1-17(2)25-19(28)10-15-31-23(5,6)12-16-32-22(3,4)11-13-24-18(27)9-14-26-20(29)7-8-21(26)30/h7-8,17H,9-16H2,1-6H3,(H,24,27)(H,25,28). The Balaban J connectivity index is 2.20. The fraction of sp³-hybridized carbons (Fsp3) is 0.739. The van der Waals surface area contributed by atoms with Gasteiger partial charge in [0.25, 0.3) is 11.8 Å². The fourth-order valence-corrected chi connectivity index (χ4v) is 2.99. The molecule has 1 aliphatic rings. The summed E-state index contributed by atoms with van der Waals surface area (Å²) < 4.78 is 11.8. The summed E-state index contributed by atoms with van der Waals surface area (Å²) in [7, 11) is 0. The van der Waals surface area contributed by atoms with Crippen LogP contribution in [0, 0.1) is 0 Å². The summed E-state index contributed by atoms with van der Waals surface area (Å²) in [6.07, 6.45) is 4.08. The molecule has 0 fully saturated rings. The molecule has 4 amide bonds. The summed E-state index contributed by atoms with van der Waals surface area (Å²) in [6, 6.07) is 0.117. The highest BCUT2D eigenvalue weighted by Crippen LogP contribution is 2.19.